The number of nitrogens with one attached hydrogen (secondary N) is 1. The quantitative estimate of drug-likeness (QED) is 0.728. The number of aliphatic carboxylic acids is 2. The minimum Gasteiger partial charge on any atom is -0.473 e. The van der Waals surface area contributed by atoms with Gasteiger partial charge in [0.05, 0.1) is 5.69 Å². The summed E-state index contributed by atoms with van der Waals surface area (Å²) in [6.45, 7) is 0.922. The lowest BCUT2D eigenvalue weighted by molar-refractivity contribution is -0.159. The molecular weight excluding hydrogens is 260 g/mol. The van der Waals surface area contributed by atoms with Gasteiger partial charge in [0.25, 0.3) is 0 Å². The Labute approximate surface area is 117 Å². The first-order valence-corrected chi connectivity index (χ1v) is 6.69. The molecule has 1 aliphatic carbocycles. The lowest BCUT2D eigenvalue weighted by Crippen LogP contribution is -2.30. The van der Waals surface area contributed by atoms with E-state index in [0.29, 0.717) is 0 Å². The molecule has 0 amide bonds. The van der Waals surface area contributed by atoms with Crippen molar-refractivity contribution in [1.29, 1.82) is 0 Å². The van der Waals surface area contributed by atoms with Crippen LogP contribution in [0.2, 0.25) is 0 Å². The van der Waals surface area contributed by atoms with Gasteiger partial charge in [0.15, 0.2) is 0 Å². The van der Waals surface area contributed by atoms with Crippen molar-refractivity contribution in [2.45, 2.75) is 44.7 Å². The smallest absolute Gasteiger partial charge is 0.414 e. The molecule has 20 heavy (non-hydrogen) atoms. The summed E-state index contributed by atoms with van der Waals surface area (Å²) in [6.07, 6.45) is 8.74. The second-order valence-electron chi connectivity index (χ2n) is 4.65. The Morgan fingerprint density at radius 3 is 2.30 bits per heavy atom. The maximum atomic E-state index is 9.10. The van der Waals surface area contributed by atoms with Crippen LogP contribution in [0.3, 0.4) is 0 Å². The normalized spacial score (nSPS) is 15.0. The van der Waals surface area contributed by atoms with Gasteiger partial charge in [0.2, 0.25) is 0 Å². The molecule has 0 saturated heterocycles. The largest absolute Gasteiger partial charge is 0.473 e. The van der Waals surface area contributed by atoms with Crippen molar-refractivity contribution in [2.75, 3.05) is 0 Å². The number of carbonyl (C=O) groups is 2. The molecule has 6 nitrogen and oxygen atoms in total. The monoisotopic (exact) mass is 280 g/mol. The third-order valence-corrected chi connectivity index (χ3v) is 3.09. The molecule has 3 N–H and O–H groups in total. The lowest BCUT2D eigenvalue weighted by atomic mass is 9.95. The Morgan fingerprint density at radius 2 is 1.80 bits per heavy atom. The number of nitrogens with zero attached hydrogens (tertiary/aromatic N) is 1. The van der Waals surface area contributed by atoms with Crippen molar-refractivity contribution in [1.82, 2.24) is 10.3 Å². The van der Waals surface area contributed by atoms with E-state index in [1.165, 1.54) is 32.1 Å². The first kappa shape index (κ1) is 16.1. The number of pyridine rings is 1. The Bertz CT molecular complexity index is 404. The number of rotatable bonds is 3. The third-order valence-electron chi connectivity index (χ3n) is 3.09. The minimum atomic E-state index is -1.82. The molecule has 1 aromatic heterocycles. The SMILES string of the molecule is O=C(O)C(=O)O.c1ccc(CNC2CCCCC2)nc1. The summed E-state index contributed by atoms with van der Waals surface area (Å²) >= 11 is 0. The van der Waals surface area contributed by atoms with Crippen LogP contribution in [-0.2, 0) is 16.1 Å². The summed E-state index contributed by atoms with van der Waals surface area (Å²) < 4.78 is 0. The summed E-state index contributed by atoms with van der Waals surface area (Å²) in [5, 5.41) is 18.4. The predicted molar refractivity (Wildman–Crippen MR) is 73.2 cm³/mol. The molecule has 6 heteroatoms. The Balaban J connectivity index is 0.000000286. The average molecular weight is 280 g/mol. The van der Waals surface area contributed by atoms with Crippen LogP contribution >= 0.6 is 0 Å². The van der Waals surface area contributed by atoms with Crippen molar-refractivity contribution in [2.24, 2.45) is 0 Å². The summed E-state index contributed by atoms with van der Waals surface area (Å²) in [6, 6.07) is 6.82. The van der Waals surface area contributed by atoms with Gasteiger partial charge in [-0.15, -0.1) is 0 Å². The van der Waals surface area contributed by atoms with Gasteiger partial charge in [-0.3, -0.25) is 4.98 Å². The molecule has 110 valence electrons. The molecule has 0 bridgehead atoms. The Kier molecular flexibility index (Phi) is 7.27. The molecule has 1 heterocycles. The summed E-state index contributed by atoms with van der Waals surface area (Å²) in [5.74, 6) is -3.65. The van der Waals surface area contributed by atoms with Crippen molar-refractivity contribution in [3.63, 3.8) is 0 Å². The van der Waals surface area contributed by atoms with Gasteiger partial charge in [-0.2, -0.15) is 0 Å². The van der Waals surface area contributed by atoms with E-state index in [4.69, 9.17) is 19.8 Å². The highest BCUT2D eigenvalue weighted by Crippen LogP contribution is 2.17. The van der Waals surface area contributed by atoms with Gasteiger partial charge in [-0.25, -0.2) is 9.59 Å². The summed E-state index contributed by atoms with van der Waals surface area (Å²) in [5.41, 5.74) is 1.15. The standard InChI is InChI=1S/C12H18N2.C2H2O4/c1-2-6-11(7-3-1)14-10-12-8-4-5-9-13-12;3-1(4)2(5)6/h4-5,8-9,11,14H,1-3,6-7,10H2;(H,3,4)(H,5,6). The molecular formula is C14H20N2O4. The van der Waals surface area contributed by atoms with E-state index in [1.54, 1.807) is 0 Å². The second kappa shape index (κ2) is 9.03. The van der Waals surface area contributed by atoms with E-state index >= 15 is 0 Å². The highest BCUT2D eigenvalue weighted by Gasteiger charge is 2.12. The maximum Gasteiger partial charge on any atom is 0.414 e. The summed E-state index contributed by atoms with van der Waals surface area (Å²) in [4.78, 5) is 22.5. The molecule has 0 atom stereocenters. The fourth-order valence-corrected chi connectivity index (χ4v) is 2.06. The molecule has 1 aliphatic rings. The first-order valence-electron chi connectivity index (χ1n) is 6.69. The molecule has 0 unspecified atom stereocenters. The van der Waals surface area contributed by atoms with E-state index in [0.717, 1.165) is 18.3 Å². The maximum absolute atomic E-state index is 9.10. The Morgan fingerprint density at radius 1 is 1.15 bits per heavy atom. The number of aromatic nitrogens is 1. The second-order valence-corrected chi connectivity index (χ2v) is 4.65. The van der Waals surface area contributed by atoms with Crippen molar-refractivity contribution >= 4 is 11.9 Å². The molecule has 1 saturated carbocycles. The van der Waals surface area contributed by atoms with Crippen molar-refractivity contribution in [3.8, 4) is 0 Å². The lowest BCUT2D eigenvalue weighted by Gasteiger charge is -2.22. The van der Waals surface area contributed by atoms with Gasteiger partial charge >= 0.3 is 11.9 Å². The fraction of sp³-hybridized carbons (Fsp3) is 0.500. The van der Waals surface area contributed by atoms with E-state index in [1.807, 2.05) is 18.3 Å². The number of carboxylic acids is 2. The van der Waals surface area contributed by atoms with E-state index in [2.05, 4.69) is 16.4 Å². The molecule has 0 aromatic carbocycles. The average Bonchev–Trinajstić information content (AvgIpc) is 2.48. The molecule has 0 spiro atoms. The minimum absolute atomic E-state index is 0.728. The van der Waals surface area contributed by atoms with Gasteiger partial charge < -0.3 is 15.5 Å². The number of carboxylic acid groups (broad SMARTS) is 2. The van der Waals surface area contributed by atoms with Crippen LogP contribution in [0.4, 0.5) is 0 Å². The first-order chi connectivity index (χ1) is 9.59. The topological polar surface area (TPSA) is 99.5 Å². The molecule has 2 rings (SSSR count). The fourth-order valence-electron chi connectivity index (χ4n) is 2.06. The van der Waals surface area contributed by atoms with Crippen LogP contribution in [0.25, 0.3) is 0 Å². The number of hydrogen-bond donors (Lipinski definition) is 3. The van der Waals surface area contributed by atoms with Crippen LogP contribution < -0.4 is 5.32 Å². The van der Waals surface area contributed by atoms with Crippen LogP contribution in [0.1, 0.15) is 37.8 Å². The molecule has 1 fully saturated rings. The van der Waals surface area contributed by atoms with Gasteiger partial charge in [-0.05, 0) is 25.0 Å². The van der Waals surface area contributed by atoms with Crippen molar-refractivity contribution in [3.05, 3.63) is 30.1 Å². The third kappa shape index (κ3) is 6.84. The van der Waals surface area contributed by atoms with Gasteiger partial charge in [-0.1, -0.05) is 25.3 Å². The van der Waals surface area contributed by atoms with Crippen LogP contribution in [0.5, 0.6) is 0 Å². The highest BCUT2D eigenvalue weighted by molar-refractivity contribution is 6.27. The molecule has 0 radical (unpaired) electrons. The van der Waals surface area contributed by atoms with Crippen LogP contribution in [0.15, 0.2) is 24.4 Å². The van der Waals surface area contributed by atoms with E-state index < -0.39 is 11.9 Å². The van der Waals surface area contributed by atoms with E-state index in [-0.39, 0.29) is 0 Å². The summed E-state index contributed by atoms with van der Waals surface area (Å²) in [7, 11) is 0. The molecule has 1 aromatic rings. The predicted octanol–water partition coefficient (Wildman–Crippen LogP) is 1.66. The zero-order chi connectivity index (χ0) is 14.8. The zero-order valence-electron chi connectivity index (χ0n) is 11.3. The van der Waals surface area contributed by atoms with Crippen LogP contribution in [-0.4, -0.2) is 33.2 Å². The van der Waals surface area contributed by atoms with Gasteiger partial charge in [0, 0.05) is 18.8 Å². The zero-order valence-corrected chi connectivity index (χ0v) is 11.3. The van der Waals surface area contributed by atoms with E-state index in [9.17, 15) is 0 Å². The number of hydrogen-bond acceptors (Lipinski definition) is 4. The highest BCUT2D eigenvalue weighted by atomic mass is 16.4. The van der Waals surface area contributed by atoms with Crippen molar-refractivity contribution < 1.29 is 19.8 Å². The van der Waals surface area contributed by atoms with Crippen LogP contribution in [0, 0.1) is 0 Å². The Hall–Kier alpha value is -1.95. The molecule has 0 aliphatic heterocycles. The van der Waals surface area contributed by atoms with Gasteiger partial charge in [0.1, 0.15) is 0 Å².